The molecular weight excluding hydrogens is 278 g/mol. The first-order chi connectivity index (χ1) is 9.63. The van der Waals surface area contributed by atoms with Gasteiger partial charge in [0.15, 0.2) is 0 Å². The van der Waals surface area contributed by atoms with Gasteiger partial charge in [-0.1, -0.05) is 11.6 Å². The lowest BCUT2D eigenvalue weighted by Gasteiger charge is -2.08. The molecule has 2 aromatic carbocycles. The maximum atomic E-state index is 11.2. The number of rotatable bonds is 3. The number of nitro benzene ring substituents is 1. The number of fused-ring (bicyclic) bond motifs is 1. The summed E-state index contributed by atoms with van der Waals surface area (Å²) >= 11 is 5.81. The second-order valence-corrected chi connectivity index (χ2v) is 5.19. The van der Waals surface area contributed by atoms with Crippen molar-refractivity contribution in [3.63, 3.8) is 0 Å². The Morgan fingerprint density at radius 3 is 2.40 bits per heavy atom. The summed E-state index contributed by atoms with van der Waals surface area (Å²) in [5.74, 6) is 0.827. The van der Waals surface area contributed by atoms with Crippen molar-refractivity contribution in [2.45, 2.75) is 19.3 Å². The quantitative estimate of drug-likeness (QED) is 0.616. The zero-order valence-electron chi connectivity index (χ0n) is 10.6. The molecule has 3 rings (SSSR count). The summed E-state index contributed by atoms with van der Waals surface area (Å²) in [5.41, 5.74) is 2.21. The molecule has 0 fully saturated rings. The van der Waals surface area contributed by atoms with Crippen LogP contribution in [0.25, 0.3) is 0 Å². The number of nitro groups is 1. The van der Waals surface area contributed by atoms with Crippen LogP contribution < -0.4 is 4.74 Å². The van der Waals surface area contributed by atoms with E-state index in [0.717, 1.165) is 30.4 Å². The molecule has 0 aromatic heterocycles. The van der Waals surface area contributed by atoms with Crippen molar-refractivity contribution in [2.75, 3.05) is 0 Å². The fourth-order valence-electron chi connectivity index (χ4n) is 2.44. The second kappa shape index (κ2) is 5.13. The van der Waals surface area contributed by atoms with E-state index in [1.165, 1.54) is 0 Å². The fourth-order valence-corrected chi connectivity index (χ4v) is 2.57. The van der Waals surface area contributed by atoms with Crippen LogP contribution in [0.2, 0.25) is 5.02 Å². The highest BCUT2D eigenvalue weighted by Crippen LogP contribution is 2.37. The minimum atomic E-state index is -0.399. The van der Waals surface area contributed by atoms with Crippen LogP contribution in [0, 0.1) is 10.1 Å². The van der Waals surface area contributed by atoms with Crippen molar-refractivity contribution in [3.05, 3.63) is 62.7 Å². The molecule has 0 bridgehead atoms. The Balaban J connectivity index is 1.99. The highest BCUT2D eigenvalue weighted by atomic mass is 35.5. The molecule has 0 saturated heterocycles. The molecule has 4 nitrogen and oxygen atoms in total. The number of aryl methyl sites for hydroxylation is 2. The summed E-state index contributed by atoms with van der Waals surface area (Å²) < 4.78 is 5.65. The largest absolute Gasteiger partial charge is 0.450 e. The number of halogens is 1. The molecule has 0 amide bonds. The molecule has 102 valence electrons. The van der Waals surface area contributed by atoms with E-state index < -0.39 is 4.92 Å². The molecule has 2 aromatic rings. The first kappa shape index (κ1) is 12.9. The van der Waals surface area contributed by atoms with Crippen LogP contribution in [0.5, 0.6) is 11.5 Å². The summed E-state index contributed by atoms with van der Waals surface area (Å²) in [6.07, 6.45) is 2.89. The van der Waals surface area contributed by atoms with Gasteiger partial charge >= 0.3 is 5.69 Å². The zero-order valence-corrected chi connectivity index (χ0v) is 11.4. The van der Waals surface area contributed by atoms with Gasteiger partial charge < -0.3 is 4.74 Å². The van der Waals surface area contributed by atoms with Gasteiger partial charge in [0, 0.05) is 11.1 Å². The molecule has 20 heavy (non-hydrogen) atoms. The molecule has 0 saturated carbocycles. The minimum absolute atomic E-state index is 0.0144. The topological polar surface area (TPSA) is 52.4 Å². The van der Waals surface area contributed by atoms with Crippen molar-refractivity contribution in [3.8, 4) is 11.5 Å². The maximum absolute atomic E-state index is 11.2. The average molecular weight is 290 g/mol. The molecule has 0 spiro atoms. The molecule has 0 aliphatic heterocycles. The highest BCUT2D eigenvalue weighted by molar-refractivity contribution is 6.30. The van der Waals surface area contributed by atoms with E-state index in [-0.39, 0.29) is 11.4 Å². The first-order valence-electron chi connectivity index (χ1n) is 6.37. The monoisotopic (exact) mass is 289 g/mol. The Morgan fingerprint density at radius 1 is 1.10 bits per heavy atom. The van der Waals surface area contributed by atoms with Crippen molar-refractivity contribution < 1.29 is 9.66 Å². The van der Waals surface area contributed by atoms with Gasteiger partial charge in [-0.25, -0.2) is 0 Å². The summed E-state index contributed by atoms with van der Waals surface area (Å²) in [4.78, 5) is 10.8. The van der Waals surface area contributed by atoms with Gasteiger partial charge in [0.2, 0.25) is 5.75 Å². The zero-order chi connectivity index (χ0) is 14.1. The Labute approximate surface area is 121 Å². The number of hydrogen-bond donors (Lipinski definition) is 0. The van der Waals surface area contributed by atoms with Gasteiger partial charge in [-0.05, 0) is 60.7 Å². The third-order valence-electron chi connectivity index (χ3n) is 3.41. The van der Waals surface area contributed by atoms with Gasteiger partial charge in [0.05, 0.1) is 4.92 Å². The first-order valence-corrected chi connectivity index (χ1v) is 6.75. The third-order valence-corrected chi connectivity index (χ3v) is 3.66. The Hall–Kier alpha value is -2.07. The molecular formula is C15H12ClNO3. The van der Waals surface area contributed by atoms with E-state index in [4.69, 9.17) is 16.3 Å². The lowest BCUT2D eigenvalue weighted by atomic mass is 10.1. The summed E-state index contributed by atoms with van der Waals surface area (Å²) in [6.45, 7) is 0. The Kier molecular flexibility index (Phi) is 3.32. The summed E-state index contributed by atoms with van der Waals surface area (Å²) in [5, 5.41) is 11.8. The van der Waals surface area contributed by atoms with Gasteiger partial charge in [0.1, 0.15) is 5.75 Å². The second-order valence-electron chi connectivity index (χ2n) is 4.76. The van der Waals surface area contributed by atoms with Crippen LogP contribution in [-0.4, -0.2) is 4.92 Å². The lowest BCUT2D eigenvalue weighted by Crippen LogP contribution is -1.96. The van der Waals surface area contributed by atoms with Crippen molar-refractivity contribution in [1.29, 1.82) is 0 Å². The highest BCUT2D eigenvalue weighted by Gasteiger charge is 2.22. The molecule has 0 atom stereocenters. The van der Waals surface area contributed by atoms with Crippen molar-refractivity contribution in [1.82, 2.24) is 0 Å². The molecule has 5 heteroatoms. The SMILES string of the molecule is O=[N+]([O-])c1cc2c(cc1Oc1ccc(Cl)cc1)CCC2. The van der Waals surface area contributed by atoms with Gasteiger partial charge in [-0.2, -0.15) is 0 Å². The fraction of sp³-hybridized carbons (Fsp3) is 0.200. The predicted octanol–water partition coefficient (Wildman–Crippen LogP) is 4.53. The van der Waals surface area contributed by atoms with Crippen LogP contribution >= 0.6 is 11.6 Å². The van der Waals surface area contributed by atoms with E-state index in [1.807, 2.05) is 0 Å². The van der Waals surface area contributed by atoms with Crippen LogP contribution in [-0.2, 0) is 12.8 Å². The van der Waals surface area contributed by atoms with Crippen molar-refractivity contribution >= 4 is 17.3 Å². The van der Waals surface area contributed by atoms with E-state index in [9.17, 15) is 10.1 Å². The number of ether oxygens (including phenoxy) is 1. The standard InChI is InChI=1S/C15H12ClNO3/c16-12-4-6-13(7-5-12)20-15-9-11-3-1-2-10(11)8-14(15)17(18)19/h4-9H,1-3H2. The van der Waals surface area contributed by atoms with Gasteiger partial charge in [0.25, 0.3) is 0 Å². The maximum Gasteiger partial charge on any atom is 0.311 e. The minimum Gasteiger partial charge on any atom is -0.450 e. The van der Waals surface area contributed by atoms with E-state index in [2.05, 4.69) is 0 Å². The lowest BCUT2D eigenvalue weighted by molar-refractivity contribution is -0.385. The van der Waals surface area contributed by atoms with E-state index in [1.54, 1.807) is 36.4 Å². The summed E-state index contributed by atoms with van der Waals surface area (Å²) in [7, 11) is 0. The molecule has 1 aliphatic rings. The third kappa shape index (κ3) is 2.47. The van der Waals surface area contributed by atoms with Gasteiger partial charge in [-0.15, -0.1) is 0 Å². The van der Waals surface area contributed by atoms with Gasteiger partial charge in [-0.3, -0.25) is 10.1 Å². The van der Waals surface area contributed by atoms with Crippen LogP contribution in [0.4, 0.5) is 5.69 Å². The normalized spacial score (nSPS) is 13.1. The van der Waals surface area contributed by atoms with Crippen LogP contribution in [0.1, 0.15) is 17.5 Å². The molecule has 0 heterocycles. The number of benzene rings is 2. The molecule has 0 unspecified atom stereocenters. The van der Waals surface area contributed by atoms with E-state index in [0.29, 0.717) is 10.8 Å². The van der Waals surface area contributed by atoms with Crippen LogP contribution in [0.3, 0.4) is 0 Å². The van der Waals surface area contributed by atoms with E-state index >= 15 is 0 Å². The smallest absolute Gasteiger partial charge is 0.311 e. The average Bonchev–Trinajstić information content (AvgIpc) is 2.87. The molecule has 0 N–H and O–H groups in total. The Morgan fingerprint density at radius 2 is 1.75 bits per heavy atom. The predicted molar refractivity (Wildman–Crippen MR) is 76.6 cm³/mol. The molecule has 1 aliphatic carbocycles. The summed E-state index contributed by atoms with van der Waals surface area (Å²) in [6, 6.07) is 10.2. The number of hydrogen-bond acceptors (Lipinski definition) is 3. The number of nitrogens with zero attached hydrogens (tertiary/aromatic N) is 1. The molecule has 0 radical (unpaired) electrons. The van der Waals surface area contributed by atoms with Crippen LogP contribution in [0.15, 0.2) is 36.4 Å². The Bertz CT molecular complexity index is 668. The van der Waals surface area contributed by atoms with Crippen molar-refractivity contribution in [2.24, 2.45) is 0 Å².